The average Bonchev–Trinajstić information content (AvgIpc) is 2.85. The Hall–Kier alpha value is -2.68. The molecule has 5 nitrogen and oxygen atoms in total. The summed E-state index contributed by atoms with van der Waals surface area (Å²) in [6, 6.07) is 23.8. The zero-order chi connectivity index (χ0) is 21.5. The Morgan fingerprint density at radius 3 is 1.94 bits per heavy atom. The molecule has 0 saturated carbocycles. The molecule has 0 aromatic heterocycles. The normalized spacial score (nSPS) is 18.8. The number of rotatable bonds is 6. The summed E-state index contributed by atoms with van der Waals surface area (Å²) in [5.74, 6) is 0.472. The molecule has 0 unspecified atom stereocenters. The number of hydrogen-bond donors (Lipinski definition) is 0. The highest BCUT2D eigenvalue weighted by Gasteiger charge is 2.32. The second-order valence-corrected chi connectivity index (χ2v) is 8.61. The van der Waals surface area contributed by atoms with Crippen LogP contribution < -0.4 is 0 Å². The van der Waals surface area contributed by atoms with Crippen molar-refractivity contribution in [3.05, 3.63) is 71.8 Å². The van der Waals surface area contributed by atoms with Gasteiger partial charge in [0.1, 0.15) is 0 Å². The maximum Gasteiger partial charge on any atom is 0.225 e. The Morgan fingerprint density at radius 2 is 1.42 bits per heavy atom. The smallest absolute Gasteiger partial charge is 0.225 e. The molecule has 2 heterocycles. The van der Waals surface area contributed by atoms with E-state index in [1.54, 1.807) is 0 Å². The molecule has 2 aliphatic heterocycles. The van der Waals surface area contributed by atoms with Crippen molar-refractivity contribution in [3.8, 4) is 6.07 Å². The Bertz CT molecular complexity index is 824. The fourth-order valence-electron chi connectivity index (χ4n) is 4.96. The van der Waals surface area contributed by atoms with E-state index in [-0.39, 0.29) is 12.0 Å². The van der Waals surface area contributed by atoms with Crippen molar-refractivity contribution in [3.63, 3.8) is 0 Å². The van der Waals surface area contributed by atoms with Crippen LogP contribution in [-0.2, 0) is 4.79 Å². The summed E-state index contributed by atoms with van der Waals surface area (Å²) in [7, 11) is 0. The van der Waals surface area contributed by atoms with Crippen molar-refractivity contribution in [1.29, 1.82) is 5.26 Å². The van der Waals surface area contributed by atoms with E-state index in [0.717, 1.165) is 58.7 Å². The zero-order valence-corrected chi connectivity index (χ0v) is 18.2. The van der Waals surface area contributed by atoms with Crippen LogP contribution in [0.25, 0.3) is 0 Å². The third-order valence-corrected chi connectivity index (χ3v) is 6.70. The highest BCUT2D eigenvalue weighted by Crippen LogP contribution is 2.30. The second kappa shape index (κ2) is 10.6. The molecular weight excluding hydrogens is 384 g/mol. The predicted molar refractivity (Wildman–Crippen MR) is 122 cm³/mol. The van der Waals surface area contributed by atoms with Gasteiger partial charge in [0, 0.05) is 45.1 Å². The van der Waals surface area contributed by atoms with Crippen LogP contribution in [0.15, 0.2) is 60.7 Å². The molecule has 2 aromatic rings. The number of piperazine rings is 1. The van der Waals surface area contributed by atoms with Crippen LogP contribution >= 0.6 is 0 Å². The first-order chi connectivity index (χ1) is 15.3. The number of piperidine rings is 1. The minimum Gasteiger partial charge on any atom is -0.340 e. The second-order valence-electron chi connectivity index (χ2n) is 8.61. The Kier molecular flexibility index (Phi) is 7.35. The first kappa shape index (κ1) is 21.5. The maximum atomic E-state index is 13.1. The molecule has 0 spiro atoms. The van der Waals surface area contributed by atoms with Crippen molar-refractivity contribution in [2.75, 3.05) is 45.8 Å². The van der Waals surface area contributed by atoms with Gasteiger partial charge in [-0.3, -0.25) is 9.69 Å². The quantitative estimate of drug-likeness (QED) is 0.723. The number of carbonyl (C=O) groups excluding carboxylic acids is 1. The number of benzene rings is 2. The Balaban J connectivity index is 1.36. The highest BCUT2D eigenvalue weighted by atomic mass is 16.2. The number of carbonyl (C=O) groups is 1. The monoisotopic (exact) mass is 416 g/mol. The average molecular weight is 417 g/mol. The number of hydrogen-bond acceptors (Lipinski definition) is 4. The van der Waals surface area contributed by atoms with E-state index >= 15 is 0 Å². The lowest BCUT2D eigenvalue weighted by molar-refractivity contribution is -0.139. The molecule has 31 heavy (non-hydrogen) atoms. The molecule has 2 fully saturated rings. The lowest BCUT2D eigenvalue weighted by Crippen LogP contribution is -2.52. The van der Waals surface area contributed by atoms with Crippen LogP contribution in [0, 0.1) is 17.2 Å². The molecule has 2 saturated heterocycles. The third kappa shape index (κ3) is 5.33. The highest BCUT2D eigenvalue weighted by molar-refractivity contribution is 5.79. The van der Waals surface area contributed by atoms with E-state index in [9.17, 15) is 4.79 Å². The fourth-order valence-corrected chi connectivity index (χ4v) is 4.96. The maximum absolute atomic E-state index is 13.1. The van der Waals surface area contributed by atoms with Gasteiger partial charge in [-0.2, -0.15) is 5.26 Å². The lowest BCUT2D eigenvalue weighted by Gasteiger charge is -2.41. The summed E-state index contributed by atoms with van der Waals surface area (Å²) >= 11 is 0. The largest absolute Gasteiger partial charge is 0.340 e. The van der Waals surface area contributed by atoms with E-state index in [2.05, 4.69) is 81.4 Å². The molecule has 2 aliphatic rings. The van der Waals surface area contributed by atoms with Gasteiger partial charge in [-0.15, -0.1) is 0 Å². The first-order valence-electron chi connectivity index (χ1n) is 11.5. The molecular formula is C26H32N4O. The van der Waals surface area contributed by atoms with Gasteiger partial charge in [0.05, 0.1) is 12.1 Å². The molecule has 0 bridgehead atoms. The predicted octanol–water partition coefficient (Wildman–Crippen LogP) is 3.55. The van der Waals surface area contributed by atoms with Gasteiger partial charge < -0.3 is 9.80 Å². The summed E-state index contributed by atoms with van der Waals surface area (Å²) in [4.78, 5) is 20.0. The van der Waals surface area contributed by atoms with Gasteiger partial charge in [0.2, 0.25) is 5.91 Å². The lowest BCUT2D eigenvalue weighted by atomic mass is 9.94. The van der Waals surface area contributed by atoms with Gasteiger partial charge in [0.15, 0.2) is 0 Å². The van der Waals surface area contributed by atoms with Crippen LogP contribution in [0.1, 0.15) is 36.4 Å². The summed E-state index contributed by atoms with van der Waals surface area (Å²) in [6.07, 6.45) is 2.41. The van der Waals surface area contributed by atoms with Gasteiger partial charge in [-0.1, -0.05) is 60.7 Å². The topological polar surface area (TPSA) is 50.6 Å². The van der Waals surface area contributed by atoms with Gasteiger partial charge >= 0.3 is 0 Å². The van der Waals surface area contributed by atoms with Crippen LogP contribution in [0.5, 0.6) is 0 Å². The SMILES string of the molecule is N#CCCN1CCC(C(=O)N2CCN(C(c3ccccc3)c3ccccc3)CC2)CC1. The zero-order valence-electron chi connectivity index (χ0n) is 18.2. The summed E-state index contributed by atoms with van der Waals surface area (Å²) in [5, 5.41) is 8.77. The summed E-state index contributed by atoms with van der Waals surface area (Å²) in [5.41, 5.74) is 2.61. The summed E-state index contributed by atoms with van der Waals surface area (Å²) in [6.45, 7) is 6.07. The van der Waals surface area contributed by atoms with Crippen molar-refractivity contribution < 1.29 is 4.79 Å². The molecule has 0 radical (unpaired) electrons. The van der Waals surface area contributed by atoms with E-state index in [0.29, 0.717) is 12.3 Å². The first-order valence-corrected chi connectivity index (χ1v) is 11.5. The van der Waals surface area contributed by atoms with E-state index in [4.69, 9.17) is 5.26 Å². The Labute approximate surface area is 185 Å². The molecule has 0 aliphatic carbocycles. The molecule has 2 aromatic carbocycles. The van der Waals surface area contributed by atoms with Gasteiger partial charge in [-0.05, 0) is 37.1 Å². The molecule has 5 heteroatoms. The number of nitrogens with zero attached hydrogens (tertiary/aromatic N) is 4. The van der Waals surface area contributed by atoms with Crippen LogP contribution in [-0.4, -0.2) is 66.4 Å². The van der Waals surface area contributed by atoms with Gasteiger partial charge in [-0.25, -0.2) is 0 Å². The number of likely N-dealkylation sites (tertiary alicyclic amines) is 1. The fraction of sp³-hybridized carbons (Fsp3) is 0.462. The molecule has 1 amide bonds. The van der Waals surface area contributed by atoms with E-state index in [1.807, 2.05) is 0 Å². The minimum atomic E-state index is 0.143. The molecule has 162 valence electrons. The number of amides is 1. The van der Waals surface area contributed by atoms with Crippen LogP contribution in [0.3, 0.4) is 0 Å². The van der Waals surface area contributed by atoms with Crippen LogP contribution in [0.2, 0.25) is 0 Å². The Morgan fingerprint density at radius 1 is 0.871 bits per heavy atom. The molecule has 4 rings (SSSR count). The van der Waals surface area contributed by atoms with Crippen molar-refractivity contribution >= 4 is 5.91 Å². The standard InChI is InChI=1S/C26H32N4O/c27-14-7-15-28-16-12-24(13-17-28)26(31)30-20-18-29(19-21-30)25(22-8-3-1-4-9-22)23-10-5-2-6-11-23/h1-6,8-11,24-25H,7,12-13,15-21H2. The van der Waals surface area contributed by atoms with Crippen molar-refractivity contribution in [2.24, 2.45) is 5.92 Å². The minimum absolute atomic E-state index is 0.143. The molecule has 0 atom stereocenters. The third-order valence-electron chi connectivity index (χ3n) is 6.70. The number of nitriles is 1. The molecule has 0 N–H and O–H groups in total. The summed E-state index contributed by atoms with van der Waals surface area (Å²) < 4.78 is 0. The van der Waals surface area contributed by atoms with E-state index in [1.165, 1.54) is 11.1 Å². The van der Waals surface area contributed by atoms with Crippen LogP contribution in [0.4, 0.5) is 0 Å². The van der Waals surface area contributed by atoms with Crippen molar-refractivity contribution in [1.82, 2.24) is 14.7 Å². The van der Waals surface area contributed by atoms with Crippen molar-refractivity contribution in [2.45, 2.75) is 25.3 Å². The van der Waals surface area contributed by atoms with E-state index < -0.39 is 0 Å². The van der Waals surface area contributed by atoms with Gasteiger partial charge in [0.25, 0.3) is 0 Å².